The van der Waals surface area contributed by atoms with Crippen LogP contribution in [0.15, 0.2) is 48.5 Å². The van der Waals surface area contributed by atoms with Gasteiger partial charge in [0.25, 0.3) is 0 Å². The third kappa shape index (κ3) is 3.99. The summed E-state index contributed by atoms with van der Waals surface area (Å²) in [5.41, 5.74) is 3.88. The lowest BCUT2D eigenvalue weighted by Gasteiger charge is -2.24. The van der Waals surface area contributed by atoms with Gasteiger partial charge in [-0.3, -0.25) is 4.79 Å². The molecule has 0 fully saturated rings. The van der Waals surface area contributed by atoms with E-state index in [9.17, 15) is 9.59 Å². The lowest BCUT2D eigenvalue weighted by molar-refractivity contribution is -0.118. The zero-order valence-electron chi connectivity index (χ0n) is 14.7. The monoisotopic (exact) mass is 337 g/mol. The first-order valence-corrected chi connectivity index (χ1v) is 8.51. The number of nitrogens with one attached hydrogen (secondary N) is 1. The number of benzene rings is 2. The molecule has 1 N–H and O–H groups in total. The molecule has 0 atom stereocenters. The summed E-state index contributed by atoms with van der Waals surface area (Å²) in [6.45, 7) is 2.60. The number of aryl methyl sites for hydroxylation is 2. The van der Waals surface area contributed by atoms with E-state index in [0.29, 0.717) is 6.54 Å². The summed E-state index contributed by atoms with van der Waals surface area (Å²) in [6.07, 6.45) is 1.65. The summed E-state index contributed by atoms with van der Waals surface area (Å²) in [6, 6.07) is 15.3. The van der Waals surface area contributed by atoms with Gasteiger partial charge in [-0.15, -0.1) is 0 Å². The molecule has 0 aromatic heterocycles. The number of hydrogen-bond acceptors (Lipinski definition) is 2. The SMILES string of the molecule is Cc1cccc(NC(=O)N2CCCc3ccccc3N(C)C(=O)C2)c1. The topological polar surface area (TPSA) is 52.7 Å². The number of carbonyl (C=O) groups is 2. The van der Waals surface area contributed by atoms with Crippen LogP contribution in [-0.4, -0.2) is 37.0 Å². The maximum Gasteiger partial charge on any atom is 0.322 e. The smallest absolute Gasteiger partial charge is 0.315 e. The molecule has 5 nitrogen and oxygen atoms in total. The molecule has 0 saturated heterocycles. The number of carbonyl (C=O) groups excluding carboxylic acids is 2. The Hall–Kier alpha value is -2.82. The Balaban J connectivity index is 1.76. The van der Waals surface area contributed by atoms with Gasteiger partial charge in [0.2, 0.25) is 5.91 Å². The van der Waals surface area contributed by atoms with Crippen LogP contribution >= 0.6 is 0 Å². The zero-order valence-corrected chi connectivity index (χ0v) is 14.7. The highest BCUT2D eigenvalue weighted by atomic mass is 16.2. The Kier molecular flexibility index (Phi) is 5.03. The minimum atomic E-state index is -0.238. The van der Waals surface area contributed by atoms with Crippen LogP contribution in [0.25, 0.3) is 0 Å². The molecule has 5 heteroatoms. The number of fused-ring (bicyclic) bond motifs is 1. The minimum absolute atomic E-state index is 0.0719. The standard InChI is InChI=1S/C20H23N3O2/c1-15-7-5-10-17(13-15)21-20(25)23-12-6-9-16-8-3-4-11-18(16)22(2)19(24)14-23/h3-5,7-8,10-11,13H,6,9,12,14H2,1-2H3,(H,21,25). The fraction of sp³-hybridized carbons (Fsp3) is 0.300. The van der Waals surface area contributed by atoms with E-state index in [1.807, 2.05) is 55.5 Å². The Morgan fingerprint density at radius 2 is 1.92 bits per heavy atom. The second kappa shape index (κ2) is 7.38. The zero-order chi connectivity index (χ0) is 17.8. The Morgan fingerprint density at radius 1 is 1.12 bits per heavy atom. The van der Waals surface area contributed by atoms with Crippen molar-refractivity contribution in [2.75, 3.05) is 30.4 Å². The van der Waals surface area contributed by atoms with E-state index >= 15 is 0 Å². The van der Waals surface area contributed by atoms with Gasteiger partial charge in [0.15, 0.2) is 0 Å². The number of likely N-dealkylation sites (N-methyl/N-ethyl adjacent to an activating group) is 1. The van der Waals surface area contributed by atoms with Gasteiger partial charge in [-0.1, -0.05) is 30.3 Å². The van der Waals surface area contributed by atoms with E-state index in [-0.39, 0.29) is 18.5 Å². The van der Waals surface area contributed by atoms with Gasteiger partial charge < -0.3 is 15.1 Å². The van der Waals surface area contributed by atoms with Gasteiger partial charge in [0, 0.05) is 25.0 Å². The highest BCUT2D eigenvalue weighted by molar-refractivity contribution is 5.98. The number of nitrogens with zero attached hydrogens (tertiary/aromatic N) is 2. The molecular formula is C20H23N3O2. The molecule has 2 aromatic carbocycles. The number of amides is 3. The van der Waals surface area contributed by atoms with Crippen molar-refractivity contribution in [3.8, 4) is 0 Å². The van der Waals surface area contributed by atoms with E-state index in [4.69, 9.17) is 0 Å². The molecule has 0 bridgehead atoms. The van der Waals surface area contributed by atoms with Gasteiger partial charge >= 0.3 is 6.03 Å². The molecule has 1 aliphatic rings. The summed E-state index contributed by atoms with van der Waals surface area (Å²) >= 11 is 0. The van der Waals surface area contributed by atoms with Gasteiger partial charge in [0.05, 0.1) is 0 Å². The Bertz CT molecular complexity index is 788. The van der Waals surface area contributed by atoms with Crippen molar-refractivity contribution in [3.63, 3.8) is 0 Å². The average molecular weight is 337 g/mol. The summed E-state index contributed by atoms with van der Waals surface area (Å²) in [7, 11) is 1.77. The predicted molar refractivity (Wildman–Crippen MR) is 99.9 cm³/mol. The van der Waals surface area contributed by atoms with Crippen molar-refractivity contribution in [2.45, 2.75) is 19.8 Å². The number of para-hydroxylation sites is 1. The first-order chi connectivity index (χ1) is 12.0. The first kappa shape index (κ1) is 17.0. The van der Waals surface area contributed by atoms with Crippen molar-refractivity contribution >= 4 is 23.3 Å². The molecule has 0 aliphatic carbocycles. The molecule has 3 amide bonds. The molecule has 1 aliphatic heterocycles. The normalized spacial score (nSPS) is 15.0. The number of rotatable bonds is 1. The maximum atomic E-state index is 12.6. The van der Waals surface area contributed by atoms with Crippen molar-refractivity contribution in [1.82, 2.24) is 4.90 Å². The summed E-state index contributed by atoms with van der Waals surface area (Å²) in [4.78, 5) is 28.5. The number of urea groups is 1. The molecule has 1 heterocycles. The summed E-state index contributed by atoms with van der Waals surface area (Å²) in [5.74, 6) is -0.0891. The summed E-state index contributed by atoms with van der Waals surface area (Å²) in [5, 5.41) is 2.89. The summed E-state index contributed by atoms with van der Waals surface area (Å²) < 4.78 is 0. The van der Waals surface area contributed by atoms with Crippen LogP contribution in [0.1, 0.15) is 17.5 Å². The van der Waals surface area contributed by atoms with Crippen LogP contribution in [0.3, 0.4) is 0 Å². The molecule has 130 valence electrons. The van der Waals surface area contributed by atoms with Gasteiger partial charge in [-0.05, 0) is 49.1 Å². The van der Waals surface area contributed by atoms with Crippen LogP contribution in [0.4, 0.5) is 16.2 Å². The molecule has 25 heavy (non-hydrogen) atoms. The molecule has 0 saturated carbocycles. The van der Waals surface area contributed by atoms with Gasteiger partial charge in [0.1, 0.15) is 6.54 Å². The van der Waals surface area contributed by atoms with Gasteiger partial charge in [-0.25, -0.2) is 4.79 Å². The maximum absolute atomic E-state index is 12.6. The molecule has 3 rings (SSSR count). The number of hydrogen-bond donors (Lipinski definition) is 1. The van der Waals surface area contributed by atoms with E-state index < -0.39 is 0 Å². The Labute approximate surface area is 148 Å². The Morgan fingerprint density at radius 3 is 2.72 bits per heavy atom. The third-order valence-corrected chi connectivity index (χ3v) is 4.48. The van der Waals surface area contributed by atoms with Crippen LogP contribution in [0, 0.1) is 6.92 Å². The highest BCUT2D eigenvalue weighted by Crippen LogP contribution is 2.22. The first-order valence-electron chi connectivity index (χ1n) is 8.51. The van der Waals surface area contributed by atoms with Crippen LogP contribution < -0.4 is 10.2 Å². The van der Waals surface area contributed by atoms with Crippen molar-refractivity contribution < 1.29 is 9.59 Å². The van der Waals surface area contributed by atoms with E-state index in [2.05, 4.69) is 5.32 Å². The average Bonchev–Trinajstić information content (AvgIpc) is 2.65. The third-order valence-electron chi connectivity index (χ3n) is 4.48. The molecular weight excluding hydrogens is 314 g/mol. The van der Waals surface area contributed by atoms with Crippen LogP contribution in [0.2, 0.25) is 0 Å². The van der Waals surface area contributed by atoms with Crippen molar-refractivity contribution in [1.29, 1.82) is 0 Å². The molecule has 2 aromatic rings. The van der Waals surface area contributed by atoms with Crippen LogP contribution in [0.5, 0.6) is 0 Å². The quantitative estimate of drug-likeness (QED) is 0.867. The molecule has 0 radical (unpaired) electrons. The molecule has 0 spiro atoms. The lowest BCUT2D eigenvalue weighted by atomic mass is 10.1. The fourth-order valence-corrected chi connectivity index (χ4v) is 3.09. The molecule has 0 unspecified atom stereocenters. The largest absolute Gasteiger partial charge is 0.322 e. The number of anilines is 2. The van der Waals surface area contributed by atoms with Crippen molar-refractivity contribution in [3.05, 3.63) is 59.7 Å². The minimum Gasteiger partial charge on any atom is -0.315 e. The van der Waals surface area contributed by atoms with E-state index in [1.54, 1.807) is 16.8 Å². The second-order valence-corrected chi connectivity index (χ2v) is 6.41. The van der Waals surface area contributed by atoms with E-state index in [1.165, 1.54) is 0 Å². The fourth-order valence-electron chi connectivity index (χ4n) is 3.09. The van der Waals surface area contributed by atoms with Crippen molar-refractivity contribution in [2.24, 2.45) is 0 Å². The van der Waals surface area contributed by atoms with E-state index in [0.717, 1.165) is 35.3 Å². The highest BCUT2D eigenvalue weighted by Gasteiger charge is 2.23. The second-order valence-electron chi connectivity index (χ2n) is 6.41. The van der Waals surface area contributed by atoms with Crippen LogP contribution in [-0.2, 0) is 11.2 Å². The van der Waals surface area contributed by atoms with Gasteiger partial charge in [-0.2, -0.15) is 0 Å². The lowest BCUT2D eigenvalue weighted by Crippen LogP contribution is -2.43. The predicted octanol–water partition coefficient (Wildman–Crippen LogP) is 3.44.